The first-order valence-electron chi connectivity index (χ1n) is 4.74. The molecule has 0 aromatic carbocycles. The van der Waals surface area contributed by atoms with Gasteiger partial charge in [-0.2, -0.15) is 0 Å². The number of fused-ring (bicyclic) bond motifs is 2. The molecule has 2 saturated heterocycles. The van der Waals surface area contributed by atoms with Crippen LogP contribution < -0.4 is 0 Å². The van der Waals surface area contributed by atoms with E-state index in [1.807, 2.05) is 13.8 Å². The second-order valence-corrected chi connectivity index (χ2v) is 4.18. The van der Waals surface area contributed by atoms with Crippen LogP contribution in [0.3, 0.4) is 0 Å². The Balaban J connectivity index is 2.17. The van der Waals surface area contributed by atoms with Crippen molar-refractivity contribution in [1.82, 2.24) is 0 Å². The van der Waals surface area contributed by atoms with Crippen molar-refractivity contribution in [2.75, 3.05) is 6.61 Å². The summed E-state index contributed by atoms with van der Waals surface area (Å²) in [6, 6.07) is 0. The summed E-state index contributed by atoms with van der Waals surface area (Å²) in [5.74, 6) is 0.104. The molecule has 0 saturated carbocycles. The van der Waals surface area contributed by atoms with Gasteiger partial charge in [0.25, 0.3) is 0 Å². The van der Waals surface area contributed by atoms with Crippen LogP contribution in [-0.2, 0) is 9.47 Å². The fraction of sp³-hybridized carbons (Fsp3) is 1.00. The number of ether oxygens (including phenoxy) is 2. The van der Waals surface area contributed by atoms with Gasteiger partial charge in [0.2, 0.25) is 0 Å². The molecule has 0 unspecified atom stereocenters. The topological polar surface area (TPSA) is 58.9 Å². The molecular formula is C9H16O4. The summed E-state index contributed by atoms with van der Waals surface area (Å²) in [5, 5.41) is 19.6. The monoisotopic (exact) mass is 188 g/mol. The Morgan fingerprint density at radius 1 is 1.23 bits per heavy atom. The Morgan fingerprint density at radius 2 is 1.92 bits per heavy atom. The number of rotatable bonds is 1. The molecule has 13 heavy (non-hydrogen) atoms. The first-order chi connectivity index (χ1) is 6.11. The summed E-state index contributed by atoms with van der Waals surface area (Å²) in [4.78, 5) is 0. The third-order valence-electron chi connectivity index (χ3n) is 2.95. The zero-order chi connectivity index (χ0) is 9.59. The summed E-state index contributed by atoms with van der Waals surface area (Å²) in [6.45, 7) is 4.37. The Bertz CT molecular complexity index is 178. The summed E-state index contributed by atoms with van der Waals surface area (Å²) < 4.78 is 10.5. The van der Waals surface area contributed by atoms with Crippen LogP contribution in [-0.4, -0.2) is 41.4 Å². The average Bonchev–Trinajstić information content (AvgIpc) is 2.46. The quantitative estimate of drug-likeness (QED) is 0.595. The molecule has 2 fully saturated rings. The highest BCUT2D eigenvalue weighted by Crippen LogP contribution is 2.35. The molecule has 0 amide bonds. The van der Waals surface area contributed by atoms with Crippen molar-refractivity contribution in [2.45, 2.75) is 38.4 Å². The van der Waals surface area contributed by atoms with Gasteiger partial charge in [-0.3, -0.25) is 0 Å². The Kier molecular flexibility index (Phi) is 2.32. The van der Waals surface area contributed by atoms with Crippen LogP contribution in [0.2, 0.25) is 0 Å². The van der Waals surface area contributed by atoms with Gasteiger partial charge in [-0.05, 0) is 5.92 Å². The van der Waals surface area contributed by atoms with Gasteiger partial charge in [0.05, 0.1) is 12.7 Å². The van der Waals surface area contributed by atoms with E-state index in [-0.39, 0.29) is 17.9 Å². The summed E-state index contributed by atoms with van der Waals surface area (Å²) in [6.07, 6.45) is -2.08. The molecule has 0 radical (unpaired) electrons. The van der Waals surface area contributed by atoms with E-state index in [2.05, 4.69) is 0 Å². The van der Waals surface area contributed by atoms with Crippen LogP contribution in [0.25, 0.3) is 0 Å². The highest BCUT2D eigenvalue weighted by molar-refractivity contribution is 4.93. The molecule has 2 aliphatic rings. The molecule has 0 spiro atoms. The number of aliphatic hydroxyl groups excluding tert-OH is 2. The molecule has 2 N–H and O–H groups in total. The summed E-state index contributed by atoms with van der Waals surface area (Å²) >= 11 is 0. The fourth-order valence-corrected chi connectivity index (χ4v) is 2.22. The zero-order valence-electron chi connectivity index (χ0n) is 7.88. The van der Waals surface area contributed by atoms with Gasteiger partial charge in [0.1, 0.15) is 12.2 Å². The number of aliphatic hydroxyl groups is 2. The van der Waals surface area contributed by atoms with Crippen molar-refractivity contribution in [3.63, 3.8) is 0 Å². The Morgan fingerprint density at radius 3 is 2.54 bits per heavy atom. The van der Waals surface area contributed by atoms with Gasteiger partial charge in [-0.25, -0.2) is 0 Å². The van der Waals surface area contributed by atoms with Gasteiger partial charge >= 0.3 is 0 Å². The summed E-state index contributed by atoms with van der Waals surface area (Å²) in [5.41, 5.74) is 0. The molecule has 4 heteroatoms. The van der Waals surface area contributed by atoms with E-state index in [9.17, 15) is 10.2 Å². The first kappa shape index (κ1) is 9.40. The van der Waals surface area contributed by atoms with Crippen molar-refractivity contribution >= 4 is 0 Å². The molecule has 0 aliphatic carbocycles. The summed E-state index contributed by atoms with van der Waals surface area (Å²) in [7, 11) is 0. The van der Waals surface area contributed by atoms with E-state index < -0.39 is 18.5 Å². The third kappa shape index (κ3) is 1.38. The minimum atomic E-state index is -0.700. The lowest BCUT2D eigenvalue weighted by molar-refractivity contribution is -0.216. The lowest BCUT2D eigenvalue weighted by atomic mass is 9.82. The Labute approximate surface area is 77.5 Å². The van der Waals surface area contributed by atoms with E-state index in [0.717, 1.165) is 0 Å². The molecule has 5 atom stereocenters. The van der Waals surface area contributed by atoms with Crippen LogP contribution in [0.1, 0.15) is 13.8 Å². The lowest BCUT2D eigenvalue weighted by Crippen LogP contribution is -2.51. The van der Waals surface area contributed by atoms with Crippen molar-refractivity contribution in [3.05, 3.63) is 0 Å². The van der Waals surface area contributed by atoms with Gasteiger partial charge in [0, 0.05) is 5.92 Å². The van der Waals surface area contributed by atoms with Crippen molar-refractivity contribution in [1.29, 1.82) is 0 Å². The van der Waals surface area contributed by atoms with Crippen LogP contribution >= 0.6 is 0 Å². The smallest absolute Gasteiger partial charge is 0.184 e. The van der Waals surface area contributed by atoms with Crippen LogP contribution in [0.5, 0.6) is 0 Å². The molecule has 2 heterocycles. The largest absolute Gasteiger partial charge is 0.390 e. The SMILES string of the molecule is CC(C)[C@@H]1[C@@H](O)[C@H]2OC[C@H](O2)[C@H]1O. The fourth-order valence-electron chi connectivity index (χ4n) is 2.22. The molecule has 2 aliphatic heterocycles. The lowest BCUT2D eigenvalue weighted by Gasteiger charge is -2.38. The van der Waals surface area contributed by atoms with Crippen molar-refractivity contribution in [2.24, 2.45) is 11.8 Å². The van der Waals surface area contributed by atoms with Gasteiger partial charge in [-0.1, -0.05) is 13.8 Å². The predicted octanol–water partition coefficient (Wildman–Crippen LogP) is -0.265. The predicted molar refractivity (Wildman–Crippen MR) is 45.0 cm³/mol. The maximum atomic E-state index is 9.83. The normalized spacial score (nSPS) is 50.1. The number of hydrogen-bond donors (Lipinski definition) is 2. The standard InChI is InChI=1S/C9H16O4/c1-4(2)6-7(10)5-3-12-9(13-5)8(6)11/h4-11H,3H2,1-2H3/t5-,6-,7+,8+,9-/m0/s1. The molecule has 4 nitrogen and oxygen atoms in total. The maximum Gasteiger partial charge on any atom is 0.184 e. The minimum Gasteiger partial charge on any atom is -0.390 e. The minimum absolute atomic E-state index is 0.133. The van der Waals surface area contributed by atoms with E-state index in [4.69, 9.17) is 9.47 Å². The maximum absolute atomic E-state index is 9.83. The van der Waals surface area contributed by atoms with E-state index >= 15 is 0 Å². The first-order valence-corrected chi connectivity index (χ1v) is 4.74. The second kappa shape index (κ2) is 3.20. The highest BCUT2D eigenvalue weighted by Gasteiger charge is 2.50. The van der Waals surface area contributed by atoms with Crippen LogP contribution in [0.15, 0.2) is 0 Å². The molecule has 2 bridgehead atoms. The molecule has 0 aromatic heterocycles. The highest BCUT2D eigenvalue weighted by atomic mass is 16.7. The third-order valence-corrected chi connectivity index (χ3v) is 2.95. The molecule has 0 aromatic rings. The van der Waals surface area contributed by atoms with Gasteiger partial charge in [0.15, 0.2) is 6.29 Å². The Hall–Kier alpha value is -0.160. The average molecular weight is 188 g/mol. The van der Waals surface area contributed by atoms with Crippen LogP contribution in [0, 0.1) is 11.8 Å². The van der Waals surface area contributed by atoms with Crippen LogP contribution in [0.4, 0.5) is 0 Å². The van der Waals surface area contributed by atoms with Gasteiger partial charge < -0.3 is 19.7 Å². The molecular weight excluding hydrogens is 172 g/mol. The van der Waals surface area contributed by atoms with E-state index in [1.165, 1.54) is 0 Å². The van der Waals surface area contributed by atoms with Crippen molar-refractivity contribution < 1.29 is 19.7 Å². The van der Waals surface area contributed by atoms with E-state index in [1.54, 1.807) is 0 Å². The van der Waals surface area contributed by atoms with Gasteiger partial charge in [-0.15, -0.1) is 0 Å². The zero-order valence-corrected chi connectivity index (χ0v) is 7.88. The van der Waals surface area contributed by atoms with Crippen molar-refractivity contribution in [3.8, 4) is 0 Å². The molecule has 76 valence electrons. The van der Waals surface area contributed by atoms with E-state index in [0.29, 0.717) is 6.61 Å². The molecule has 2 rings (SSSR count). The number of hydrogen-bond acceptors (Lipinski definition) is 4. The second-order valence-electron chi connectivity index (χ2n) is 4.18.